The second-order valence-corrected chi connectivity index (χ2v) is 4.96. The molecule has 1 heterocycles. The summed E-state index contributed by atoms with van der Waals surface area (Å²) in [5, 5.41) is 8.70. The topological polar surface area (TPSA) is 49.8 Å². The molecule has 2 rings (SSSR count). The van der Waals surface area contributed by atoms with Crippen molar-refractivity contribution in [2.75, 3.05) is 20.2 Å². The Balaban J connectivity index is 1.95. The predicted molar refractivity (Wildman–Crippen MR) is 73.4 cm³/mol. The van der Waals surface area contributed by atoms with Gasteiger partial charge in [0.25, 0.3) is 0 Å². The first kappa shape index (κ1) is 13.9. The van der Waals surface area contributed by atoms with Crippen LogP contribution in [0.5, 0.6) is 5.75 Å². The number of carbonyl (C=O) groups is 1. The number of benzene rings is 1. The lowest BCUT2D eigenvalue weighted by Crippen LogP contribution is -2.24. The van der Waals surface area contributed by atoms with Crippen LogP contribution in [0.15, 0.2) is 24.3 Å². The molecule has 0 aliphatic carbocycles. The summed E-state index contributed by atoms with van der Waals surface area (Å²) in [4.78, 5) is 13.0. The molecule has 4 heteroatoms. The van der Waals surface area contributed by atoms with Crippen LogP contribution in [0.1, 0.15) is 37.3 Å². The summed E-state index contributed by atoms with van der Waals surface area (Å²) in [5.41, 5.74) is 1.30. The van der Waals surface area contributed by atoms with Crippen LogP contribution in [0.4, 0.5) is 0 Å². The van der Waals surface area contributed by atoms with Gasteiger partial charge in [-0.2, -0.15) is 0 Å². The molecule has 1 N–H and O–H groups in total. The number of likely N-dealkylation sites (tertiary alicyclic amines) is 1. The Morgan fingerprint density at radius 3 is 2.79 bits per heavy atom. The Morgan fingerprint density at radius 1 is 1.42 bits per heavy atom. The number of aliphatic carboxylic acids is 1. The third-order valence-corrected chi connectivity index (χ3v) is 3.70. The van der Waals surface area contributed by atoms with E-state index in [4.69, 9.17) is 9.84 Å². The van der Waals surface area contributed by atoms with Crippen molar-refractivity contribution in [3.05, 3.63) is 29.8 Å². The standard InChI is InChI=1S/C15H21NO3/c1-19-13-8-6-12(7-9-13)14-4-2-10-16(14)11-3-5-15(17)18/h6-9,14H,2-5,10-11H2,1H3,(H,17,18)/t14-/m1/s1. The van der Waals surface area contributed by atoms with Gasteiger partial charge in [0.05, 0.1) is 7.11 Å². The lowest BCUT2D eigenvalue weighted by atomic mass is 10.0. The van der Waals surface area contributed by atoms with E-state index in [2.05, 4.69) is 17.0 Å². The van der Waals surface area contributed by atoms with Crippen molar-refractivity contribution < 1.29 is 14.6 Å². The van der Waals surface area contributed by atoms with Crippen LogP contribution in [-0.4, -0.2) is 36.2 Å². The van der Waals surface area contributed by atoms with Crippen molar-refractivity contribution in [1.82, 2.24) is 4.90 Å². The van der Waals surface area contributed by atoms with E-state index in [1.807, 2.05) is 12.1 Å². The van der Waals surface area contributed by atoms with Gasteiger partial charge in [0.2, 0.25) is 0 Å². The van der Waals surface area contributed by atoms with Crippen LogP contribution in [0, 0.1) is 0 Å². The van der Waals surface area contributed by atoms with E-state index in [-0.39, 0.29) is 6.42 Å². The number of rotatable bonds is 6. The summed E-state index contributed by atoms with van der Waals surface area (Å²) in [7, 11) is 1.67. The fourth-order valence-corrected chi connectivity index (χ4v) is 2.73. The maximum Gasteiger partial charge on any atom is 0.303 e. The predicted octanol–water partition coefficient (Wildman–Crippen LogP) is 2.70. The number of ether oxygens (including phenoxy) is 1. The van der Waals surface area contributed by atoms with Crippen LogP contribution in [0.3, 0.4) is 0 Å². The van der Waals surface area contributed by atoms with Crippen LogP contribution < -0.4 is 4.74 Å². The smallest absolute Gasteiger partial charge is 0.303 e. The average Bonchev–Trinajstić information content (AvgIpc) is 2.87. The number of nitrogens with zero attached hydrogens (tertiary/aromatic N) is 1. The maximum atomic E-state index is 10.6. The van der Waals surface area contributed by atoms with Gasteiger partial charge in [-0.25, -0.2) is 0 Å². The molecule has 0 spiro atoms. The first-order valence-corrected chi connectivity index (χ1v) is 6.80. The van der Waals surface area contributed by atoms with Crippen molar-refractivity contribution in [3.8, 4) is 5.75 Å². The minimum absolute atomic E-state index is 0.256. The normalized spacial score (nSPS) is 19.5. The van der Waals surface area contributed by atoms with Crippen molar-refractivity contribution in [2.45, 2.75) is 31.7 Å². The zero-order valence-corrected chi connectivity index (χ0v) is 11.3. The van der Waals surface area contributed by atoms with Gasteiger partial charge in [-0.05, 0) is 50.0 Å². The third kappa shape index (κ3) is 3.70. The molecule has 104 valence electrons. The van der Waals surface area contributed by atoms with Crippen molar-refractivity contribution in [3.63, 3.8) is 0 Å². The molecule has 1 fully saturated rings. The minimum atomic E-state index is -0.708. The SMILES string of the molecule is COc1ccc([C@H]2CCCN2CCCC(=O)O)cc1. The molecule has 1 aromatic rings. The third-order valence-electron chi connectivity index (χ3n) is 3.70. The molecular formula is C15H21NO3. The Morgan fingerprint density at radius 2 is 2.16 bits per heavy atom. The van der Waals surface area contributed by atoms with Gasteiger partial charge in [-0.3, -0.25) is 9.69 Å². The Kier molecular flexibility index (Phi) is 4.80. The highest BCUT2D eigenvalue weighted by atomic mass is 16.5. The van der Waals surface area contributed by atoms with Gasteiger partial charge in [-0.15, -0.1) is 0 Å². The summed E-state index contributed by atoms with van der Waals surface area (Å²) < 4.78 is 5.17. The van der Waals surface area contributed by atoms with Crippen molar-refractivity contribution >= 4 is 5.97 Å². The van der Waals surface area contributed by atoms with E-state index in [9.17, 15) is 4.79 Å². The lowest BCUT2D eigenvalue weighted by Gasteiger charge is -2.24. The molecule has 0 bridgehead atoms. The quantitative estimate of drug-likeness (QED) is 0.857. The number of hydrogen-bond donors (Lipinski definition) is 1. The van der Waals surface area contributed by atoms with Crippen LogP contribution in [0.25, 0.3) is 0 Å². The first-order valence-electron chi connectivity index (χ1n) is 6.80. The summed E-state index contributed by atoms with van der Waals surface area (Å²) >= 11 is 0. The molecule has 0 radical (unpaired) electrons. The highest BCUT2D eigenvalue weighted by Gasteiger charge is 2.25. The second-order valence-electron chi connectivity index (χ2n) is 4.96. The molecule has 4 nitrogen and oxygen atoms in total. The molecule has 1 aliphatic heterocycles. The van der Waals surface area contributed by atoms with Gasteiger partial charge in [-0.1, -0.05) is 12.1 Å². The van der Waals surface area contributed by atoms with Gasteiger partial charge < -0.3 is 9.84 Å². The summed E-state index contributed by atoms with van der Waals surface area (Å²) in [6, 6.07) is 8.63. The maximum absolute atomic E-state index is 10.6. The second kappa shape index (κ2) is 6.57. The number of carboxylic acids is 1. The monoisotopic (exact) mass is 263 g/mol. The molecule has 0 amide bonds. The molecule has 0 aromatic heterocycles. The Hall–Kier alpha value is -1.55. The fraction of sp³-hybridized carbons (Fsp3) is 0.533. The van der Waals surface area contributed by atoms with E-state index in [0.717, 1.165) is 31.7 Å². The zero-order chi connectivity index (χ0) is 13.7. The zero-order valence-electron chi connectivity index (χ0n) is 11.3. The van der Waals surface area contributed by atoms with Gasteiger partial charge in [0.1, 0.15) is 5.75 Å². The molecule has 1 saturated heterocycles. The van der Waals surface area contributed by atoms with Gasteiger partial charge in [0.15, 0.2) is 0 Å². The highest BCUT2D eigenvalue weighted by Crippen LogP contribution is 2.32. The molecule has 1 aliphatic rings. The highest BCUT2D eigenvalue weighted by molar-refractivity contribution is 5.66. The van der Waals surface area contributed by atoms with Gasteiger partial charge >= 0.3 is 5.97 Å². The summed E-state index contributed by atoms with van der Waals surface area (Å²) in [5.74, 6) is 0.166. The van der Waals surface area contributed by atoms with Gasteiger partial charge in [0, 0.05) is 12.5 Å². The summed E-state index contributed by atoms with van der Waals surface area (Å²) in [6.45, 7) is 1.93. The molecule has 1 atom stereocenters. The van der Waals surface area contributed by atoms with E-state index >= 15 is 0 Å². The Bertz CT molecular complexity index is 416. The van der Waals surface area contributed by atoms with E-state index in [0.29, 0.717) is 6.04 Å². The number of methoxy groups -OCH3 is 1. The molecule has 0 unspecified atom stereocenters. The van der Waals surface area contributed by atoms with E-state index in [1.54, 1.807) is 7.11 Å². The molecule has 19 heavy (non-hydrogen) atoms. The average molecular weight is 263 g/mol. The molecule has 1 aromatic carbocycles. The first-order chi connectivity index (χ1) is 9.20. The lowest BCUT2D eigenvalue weighted by molar-refractivity contribution is -0.137. The van der Waals surface area contributed by atoms with E-state index < -0.39 is 5.97 Å². The van der Waals surface area contributed by atoms with E-state index in [1.165, 1.54) is 12.0 Å². The van der Waals surface area contributed by atoms with Crippen LogP contribution >= 0.6 is 0 Å². The van der Waals surface area contributed by atoms with Crippen molar-refractivity contribution in [2.24, 2.45) is 0 Å². The fourth-order valence-electron chi connectivity index (χ4n) is 2.73. The number of carboxylic acid groups (broad SMARTS) is 1. The van der Waals surface area contributed by atoms with Crippen LogP contribution in [0.2, 0.25) is 0 Å². The largest absolute Gasteiger partial charge is 0.497 e. The Labute approximate surface area is 114 Å². The molecule has 0 saturated carbocycles. The minimum Gasteiger partial charge on any atom is -0.497 e. The number of hydrogen-bond acceptors (Lipinski definition) is 3. The molecular weight excluding hydrogens is 242 g/mol. The van der Waals surface area contributed by atoms with Crippen molar-refractivity contribution in [1.29, 1.82) is 0 Å². The summed E-state index contributed by atoms with van der Waals surface area (Å²) in [6.07, 6.45) is 3.32. The van der Waals surface area contributed by atoms with Crippen LogP contribution in [-0.2, 0) is 4.79 Å².